The Bertz CT molecular complexity index is 543. The Morgan fingerprint density at radius 3 is 2.52 bits per heavy atom. The summed E-state index contributed by atoms with van der Waals surface area (Å²) in [6.45, 7) is 11.7. The van der Waals surface area contributed by atoms with Gasteiger partial charge in [-0.3, -0.25) is 0 Å². The first-order chi connectivity index (χ1) is 9.75. The molecule has 0 bridgehead atoms. The summed E-state index contributed by atoms with van der Waals surface area (Å²) < 4.78 is 0. The van der Waals surface area contributed by atoms with Gasteiger partial charge < -0.3 is 5.11 Å². The number of rotatable bonds is 1. The van der Waals surface area contributed by atoms with E-state index in [0.29, 0.717) is 17.3 Å². The molecule has 21 heavy (non-hydrogen) atoms. The molecule has 0 saturated heterocycles. The monoisotopic (exact) mass is 286 g/mol. The van der Waals surface area contributed by atoms with Gasteiger partial charge in [0.2, 0.25) is 0 Å². The molecule has 1 aromatic carbocycles. The van der Waals surface area contributed by atoms with E-state index in [2.05, 4.69) is 52.8 Å². The summed E-state index contributed by atoms with van der Waals surface area (Å²) in [6, 6.07) is 6.88. The van der Waals surface area contributed by atoms with Crippen molar-refractivity contribution in [2.24, 2.45) is 11.3 Å². The molecule has 0 radical (unpaired) electrons. The maximum Gasteiger partial charge on any atom is 0.0796 e. The highest BCUT2D eigenvalue weighted by molar-refractivity contribution is 5.43. The summed E-state index contributed by atoms with van der Waals surface area (Å²) in [7, 11) is 0. The molecule has 1 fully saturated rings. The highest BCUT2D eigenvalue weighted by Gasteiger charge is 2.51. The minimum Gasteiger partial charge on any atom is -0.388 e. The molecular weight excluding hydrogens is 256 g/mol. The van der Waals surface area contributed by atoms with Gasteiger partial charge in [-0.2, -0.15) is 0 Å². The zero-order valence-corrected chi connectivity index (χ0v) is 14.2. The van der Waals surface area contributed by atoms with Crippen LogP contribution in [0.3, 0.4) is 0 Å². The van der Waals surface area contributed by atoms with Crippen LogP contribution in [0.1, 0.15) is 89.0 Å². The summed E-state index contributed by atoms with van der Waals surface area (Å²) >= 11 is 0. The highest BCUT2D eigenvalue weighted by Crippen LogP contribution is 2.59. The van der Waals surface area contributed by atoms with Crippen molar-refractivity contribution < 1.29 is 5.11 Å². The molecule has 116 valence electrons. The van der Waals surface area contributed by atoms with Gasteiger partial charge in [-0.15, -0.1) is 0 Å². The number of hydrogen-bond donors (Lipinski definition) is 1. The maximum absolute atomic E-state index is 10.8. The van der Waals surface area contributed by atoms with E-state index in [1.165, 1.54) is 36.0 Å². The third kappa shape index (κ3) is 2.25. The number of aliphatic hydroxyl groups excluding tert-OH is 1. The minimum absolute atomic E-state index is 0.242. The van der Waals surface area contributed by atoms with E-state index < -0.39 is 0 Å². The lowest BCUT2D eigenvalue weighted by atomic mass is 9.50. The third-order valence-corrected chi connectivity index (χ3v) is 6.41. The van der Waals surface area contributed by atoms with Gasteiger partial charge in [-0.1, -0.05) is 59.2 Å². The normalized spacial score (nSPS) is 34.4. The Morgan fingerprint density at radius 1 is 1.14 bits per heavy atom. The zero-order valence-electron chi connectivity index (χ0n) is 14.2. The van der Waals surface area contributed by atoms with Crippen molar-refractivity contribution in [2.75, 3.05) is 0 Å². The van der Waals surface area contributed by atoms with Crippen LogP contribution in [-0.4, -0.2) is 5.11 Å². The first-order valence-corrected chi connectivity index (χ1v) is 8.58. The molecule has 0 heterocycles. The molecule has 0 unspecified atom stereocenters. The van der Waals surface area contributed by atoms with Gasteiger partial charge in [0.05, 0.1) is 6.10 Å². The smallest absolute Gasteiger partial charge is 0.0796 e. The predicted molar refractivity (Wildman–Crippen MR) is 88.6 cm³/mol. The standard InChI is InChI=1S/C20H30O/c1-13(2)14-7-8-16-15(11-14)17(21)12-18-19(3,4)9-6-10-20(16,18)5/h7-8,11,13,17-18,21H,6,9-10,12H2,1-5H3/t17-,18-,20+/m0/s1. The Kier molecular flexibility index (Phi) is 3.48. The summed E-state index contributed by atoms with van der Waals surface area (Å²) in [5, 5.41) is 10.8. The molecule has 0 aliphatic heterocycles. The van der Waals surface area contributed by atoms with Gasteiger partial charge in [0, 0.05) is 0 Å². The van der Waals surface area contributed by atoms with Crippen LogP contribution >= 0.6 is 0 Å². The summed E-state index contributed by atoms with van der Waals surface area (Å²) in [4.78, 5) is 0. The van der Waals surface area contributed by atoms with Crippen LogP contribution < -0.4 is 0 Å². The highest BCUT2D eigenvalue weighted by atomic mass is 16.3. The fraction of sp³-hybridized carbons (Fsp3) is 0.700. The first-order valence-electron chi connectivity index (χ1n) is 8.58. The van der Waals surface area contributed by atoms with Gasteiger partial charge >= 0.3 is 0 Å². The molecule has 1 aromatic rings. The van der Waals surface area contributed by atoms with E-state index in [1.807, 2.05) is 0 Å². The lowest BCUT2D eigenvalue weighted by Crippen LogP contribution is -2.48. The Hall–Kier alpha value is -0.820. The van der Waals surface area contributed by atoms with Gasteiger partial charge in [0.1, 0.15) is 0 Å². The van der Waals surface area contributed by atoms with Crippen LogP contribution in [0.15, 0.2) is 18.2 Å². The van der Waals surface area contributed by atoms with E-state index >= 15 is 0 Å². The van der Waals surface area contributed by atoms with E-state index in [0.717, 1.165) is 6.42 Å². The zero-order chi connectivity index (χ0) is 15.4. The number of aliphatic hydroxyl groups is 1. The van der Waals surface area contributed by atoms with Crippen molar-refractivity contribution in [1.82, 2.24) is 0 Å². The molecule has 3 atom stereocenters. The van der Waals surface area contributed by atoms with E-state index in [-0.39, 0.29) is 11.5 Å². The predicted octanol–water partition coefficient (Wildman–Crippen LogP) is 5.33. The van der Waals surface area contributed by atoms with Crippen LogP contribution in [0.2, 0.25) is 0 Å². The molecule has 3 rings (SSSR count). The Morgan fingerprint density at radius 2 is 1.86 bits per heavy atom. The second kappa shape index (κ2) is 4.84. The van der Waals surface area contributed by atoms with Gasteiger partial charge in [-0.25, -0.2) is 0 Å². The summed E-state index contributed by atoms with van der Waals surface area (Å²) in [5.74, 6) is 1.11. The Balaban J connectivity index is 2.12. The third-order valence-electron chi connectivity index (χ3n) is 6.41. The Labute approximate surface area is 129 Å². The molecular formula is C20H30O. The molecule has 1 N–H and O–H groups in total. The topological polar surface area (TPSA) is 20.2 Å². The van der Waals surface area contributed by atoms with Crippen LogP contribution in [-0.2, 0) is 5.41 Å². The van der Waals surface area contributed by atoms with Crippen molar-refractivity contribution in [1.29, 1.82) is 0 Å². The van der Waals surface area contributed by atoms with Crippen LogP contribution in [0, 0.1) is 11.3 Å². The van der Waals surface area contributed by atoms with Gasteiger partial charge in [-0.05, 0) is 58.6 Å². The number of fused-ring (bicyclic) bond motifs is 3. The molecule has 1 heteroatoms. The van der Waals surface area contributed by atoms with Crippen molar-refractivity contribution in [3.63, 3.8) is 0 Å². The van der Waals surface area contributed by atoms with Crippen molar-refractivity contribution in [2.45, 2.75) is 77.7 Å². The second-order valence-corrected chi connectivity index (χ2v) is 8.57. The minimum atomic E-state index is -0.283. The van der Waals surface area contributed by atoms with E-state index in [1.54, 1.807) is 0 Å². The second-order valence-electron chi connectivity index (χ2n) is 8.57. The van der Waals surface area contributed by atoms with Crippen molar-refractivity contribution >= 4 is 0 Å². The lowest BCUT2D eigenvalue weighted by Gasteiger charge is -2.55. The van der Waals surface area contributed by atoms with Crippen LogP contribution in [0.25, 0.3) is 0 Å². The number of benzene rings is 1. The average molecular weight is 286 g/mol. The fourth-order valence-electron chi connectivity index (χ4n) is 5.11. The molecule has 0 spiro atoms. The van der Waals surface area contributed by atoms with E-state index in [4.69, 9.17) is 0 Å². The molecule has 2 aliphatic carbocycles. The molecule has 1 nitrogen and oxygen atoms in total. The van der Waals surface area contributed by atoms with Crippen LogP contribution in [0.5, 0.6) is 0 Å². The molecule has 0 amide bonds. The molecule has 2 aliphatic rings. The SMILES string of the molecule is CC(C)c1ccc2c(c1)[C@@H](O)C[C@H]1C(C)(C)CCC[C@]21C. The maximum atomic E-state index is 10.8. The van der Waals surface area contributed by atoms with Gasteiger partial charge in [0.25, 0.3) is 0 Å². The lowest BCUT2D eigenvalue weighted by molar-refractivity contribution is -0.00675. The van der Waals surface area contributed by atoms with Gasteiger partial charge in [0.15, 0.2) is 0 Å². The average Bonchev–Trinajstić information content (AvgIpc) is 2.41. The summed E-state index contributed by atoms with van der Waals surface area (Å²) in [5.41, 5.74) is 4.56. The quantitative estimate of drug-likeness (QED) is 0.739. The number of hydrogen-bond acceptors (Lipinski definition) is 1. The first kappa shape index (κ1) is 15.1. The van der Waals surface area contributed by atoms with Crippen molar-refractivity contribution in [3.8, 4) is 0 Å². The van der Waals surface area contributed by atoms with E-state index in [9.17, 15) is 5.11 Å². The molecule has 1 saturated carbocycles. The van der Waals surface area contributed by atoms with Crippen LogP contribution in [0.4, 0.5) is 0 Å². The summed E-state index contributed by atoms with van der Waals surface area (Å²) in [6.07, 6.45) is 4.51. The fourth-order valence-corrected chi connectivity index (χ4v) is 5.11. The largest absolute Gasteiger partial charge is 0.388 e. The molecule has 0 aromatic heterocycles. The van der Waals surface area contributed by atoms with Crippen molar-refractivity contribution in [3.05, 3.63) is 34.9 Å².